The van der Waals surface area contributed by atoms with Crippen molar-refractivity contribution in [1.29, 1.82) is 0 Å². The summed E-state index contributed by atoms with van der Waals surface area (Å²) in [6.07, 6.45) is 3.24. The van der Waals surface area contributed by atoms with E-state index in [1.807, 2.05) is 81.4 Å². The number of aromatic hydroxyl groups is 1. The van der Waals surface area contributed by atoms with Crippen LogP contribution >= 0.6 is 36.1 Å². The van der Waals surface area contributed by atoms with Crippen LogP contribution in [0.5, 0.6) is 5.75 Å². The van der Waals surface area contributed by atoms with Gasteiger partial charge in [-0.1, -0.05) is 94.0 Å². The fourth-order valence-electron chi connectivity index (χ4n) is 5.85. The molecule has 0 aromatic heterocycles. The van der Waals surface area contributed by atoms with Gasteiger partial charge in [-0.05, 0) is 110 Å². The standard InChI is InChI=1S/C22H18N2.C19H18N2O4S.2CH4O3S/c1-15-11-13-21(19-9-5-3-7-17(15)19)23-24-22-14-12-16(2)18-8-4-6-10-20(18)22;1-11-7-8-17(18(9-11)26-25-24-23)21-20-16-6-4-5-14-15(16)10-12(2)13(3)19(14)22;2*1-5-4-3-2/h3-14H,1-2H3;4-10,22-23H,1-3H3;2*2H,1H3. The predicted molar refractivity (Wildman–Crippen MR) is 239 cm³/mol. The van der Waals surface area contributed by atoms with Crippen molar-refractivity contribution in [1.82, 2.24) is 0 Å². The number of azo groups is 2. The maximum absolute atomic E-state index is 10.4. The molecule has 0 saturated carbocycles. The van der Waals surface area contributed by atoms with Crippen LogP contribution in [0.3, 0.4) is 0 Å². The molecule has 0 atom stereocenters. The fraction of sp³-hybridized carbons (Fsp3) is 0.163. The Morgan fingerprint density at radius 3 is 1.37 bits per heavy atom. The topological polar surface area (TPSA) is 186 Å². The minimum atomic E-state index is 0.261. The summed E-state index contributed by atoms with van der Waals surface area (Å²) < 4.78 is 12.1. The second-order valence-electron chi connectivity index (χ2n) is 12.6. The summed E-state index contributed by atoms with van der Waals surface area (Å²) in [7, 11) is 0. The quantitative estimate of drug-likeness (QED) is 0.0417. The first kappa shape index (κ1) is 47.7. The maximum atomic E-state index is 10.4. The Labute approximate surface area is 360 Å². The van der Waals surface area contributed by atoms with E-state index >= 15 is 0 Å². The normalized spacial score (nSPS) is 11.0. The molecule has 14 nitrogen and oxygen atoms in total. The maximum Gasteiger partial charge on any atom is 0.126 e. The van der Waals surface area contributed by atoms with Crippen molar-refractivity contribution in [3.63, 3.8) is 0 Å². The van der Waals surface area contributed by atoms with Crippen LogP contribution in [0.25, 0.3) is 32.3 Å². The lowest BCUT2D eigenvalue weighted by Gasteiger charge is -2.09. The Balaban J connectivity index is 0.000000217. The largest absolute Gasteiger partial charge is 0.507 e. The van der Waals surface area contributed by atoms with Gasteiger partial charge in [0.2, 0.25) is 0 Å². The van der Waals surface area contributed by atoms with Crippen LogP contribution in [-0.2, 0) is 28.1 Å². The highest BCUT2D eigenvalue weighted by atomic mass is 32.2. The van der Waals surface area contributed by atoms with Crippen LogP contribution in [0.2, 0.25) is 0 Å². The summed E-state index contributed by atoms with van der Waals surface area (Å²) in [4.78, 5) is 0.651. The molecule has 0 heterocycles. The van der Waals surface area contributed by atoms with Crippen LogP contribution in [-0.4, -0.2) is 33.4 Å². The van der Waals surface area contributed by atoms with E-state index in [-0.39, 0.29) is 5.75 Å². The Bertz CT molecular complexity index is 2450. The highest BCUT2D eigenvalue weighted by Gasteiger charge is 2.11. The number of phenols is 1. The molecule has 4 N–H and O–H groups in total. The zero-order valence-electron chi connectivity index (χ0n) is 33.7. The molecule has 0 amide bonds. The van der Waals surface area contributed by atoms with E-state index in [1.165, 1.54) is 21.9 Å². The van der Waals surface area contributed by atoms with Gasteiger partial charge in [0.1, 0.15) is 11.4 Å². The molecule has 0 radical (unpaired) electrons. The Morgan fingerprint density at radius 2 is 0.883 bits per heavy atom. The fourth-order valence-corrected chi connectivity index (χ4v) is 6.51. The summed E-state index contributed by atoms with van der Waals surface area (Å²) in [5.41, 5.74) is 8.38. The third kappa shape index (κ3) is 13.3. The van der Waals surface area contributed by atoms with E-state index in [2.05, 4.69) is 111 Å². The molecule has 0 fully saturated rings. The Morgan fingerprint density at radius 1 is 0.433 bits per heavy atom. The zero-order valence-corrected chi connectivity index (χ0v) is 36.2. The molecule has 0 saturated heterocycles. The summed E-state index contributed by atoms with van der Waals surface area (Å²) in [6.45, 7) is 10.0. The minimum absolute atomic E-state index is 0.261. The molecule has 60 heavy (non-hydrogen) atoms. The number of phenolic OH excluding ortho intramolecular Hbond substituents is 1. The average Bonchev–Trinajstić information content (AvgIpc) is 3.26. The minimum Gasteiger partial charge on any atom is -0.507 e. The average molecular weight is 873 g/mol. The molecular weight excluding hydrogens is 829 g/mol. The van der Waals surface area contributed by atoms with Gasteiger partial charge in [-0.15, -0.1) is 33.5 Å². The third-order valence-electron chi connectivity index (χ3n) is 8.88. The van der Waals surface area contributed by atoms with Gasteiger partial charge < -0.3 is 5.11 Å². The lowest BCUT2D eigenvalue weighted by Crippen LogP contribution is -1.85. The van der Waals surface area contributed by atoms with Crippen LogP contribution in [0, 0.1) is 34.6 Å². The van der Waals surface area contributed by atoms with Crippen molar-refractivity contribution in [2.24, 2.45) is 20.5 Å². The van der Waals surface area contributed by atoms with Crippen LogP contribution < -0.4 is 0 Å². The van der Waals surface area contributed by atoms with E-state index in [1.54, 1.807) is 18.6 Å². The number of nitrogens with zero attached hydrogens (tertiary/aromatic N) is 4. The van der Waals surface area contributed by atoms with Gasteiger partial charge in [0.25, 0.3) is 0 Å². The lowest BCUT2D eigenvalue weighted by atomic mass is 10.0. The molecular formula is C43H44N4O10S3. The number of hydrogen-bond donors (Lipinski definition) is 4. The predicted octanol–water partition coefficient (Wildman–Crippen LogP) is 14.7. The smallest absolute Gasteiger partial charge is 0.126 e. The number of benzene rings is 7. The van der Waals surface area contributed by atoms with Crippen molar-refractivity contribution in [2.75, 3.05) is 12.5 Å². The SMILES string of the molecule is CSOOO.CSOOO.Cc1ccc(N=Nc2ccc(C)c3ccccc23)c2ccccc12.Cc1ccc(N=Nc2cccc3c(O)c(C)c(C)cc23)c(SOOO)c1. The molecule has 7 aromatic carbocycles. The van der Waals surface area contributed by atoms with Gasteiger partial charge in [-0.2, -0.15) is 0 Å². The summed E-state index contributed by atoms with van der Waals surface area (Å²) >= 11 is 2.70. The van der Waals surface area contributed by atoms with Gasteiger partial charge in [0.15, 0.2) is 0 Å². The second kappa shape index (κ2) is 24.9. The van der Waals surface area contributed by atoms with Gasteiger partial charge in [-0.25, -0.2) is 15.8 Å². The first-order valence-electron chi connectivity index (χ1n) is 17.9. The van der Waals surface area contributed by atoms with Gasteiger partial charge >= 0.3 is 0 Å². The van der Waals surface area contributed by atoms with E-state index in [0.29, 0.717) is 16.3 Å². The zero-order chi connectivity index (χ0) is 43.4. The molecule has 0 aliphatic heterocycles. The number of rotatable bonds is 11. The van der Waals surface area contributed by atoms with Crippen molar-refractivity contribution < 1.29 is 49.0 Å². The monoisotopic (exact) mass is 872 g/mol. The van der Waals surface area contributed by atoms with Crippen LogP contribution in [0.4, 0.5) is 22.7 Å². The summed E-state index contributed by atoms with van der Waals surface area (Å²) in [5, 5.41) is 67.4. The van der Waals surface area contributed by atoms with Crippen LogP contribution in [0.1, 0.15) is 27.8 Å². The highest BCUT2D eigenvalue weighted by molar-refractivity contribution is 7.94. The number of fused-ring (bicyclic) bond motifs is 3. The lowest BCUT2D eigenvalue weighted by molar-refractivity contribution is -0.432. The van der Waals surface area contributed by atoms with E-state index in [9.17, 15) is 5.11 Å². The van der Waals surface area contributed by atoms with Crippen molar-refractivity contribution >= 4 is 91.2 Å². The van der Waals surface area contributed by atoms with Gasteiger partial charge in [0, 0.05) is 58.1 Å². The first-order valence-corrected chi connectivity index (χ1v) is 20.9. The first-order chi connectivity index (χ1) is 29.1. The third-order valence-corrected chi connectivity index (χ3v) is 9.91. The van der Waals surface area contributed by atoms with E-state index in [0.717, 1.165) is 85.7 Å². The molecule has 7 aromatic rings. The molecule has 17 heteroatoms. The molecule has 0 aliphatic carbocycles. The van der Waals surface area contributed by atoms with Gasteiger partial charge in [-0.3, -0.25) is 0 Å². The highest BCUT2D eigenvalue weighted by Crippen LogP contribution is 2.38. The number of aryl methyl sites for hydroxylation is 4. The van der Waals surface area contributed by atoms with Crippen LogP contribution in [0.15, 0.2) is 141 Å². The Hall–Kier alpha value is -4.99. The molecule has 7 rings (SSSR count). The van der Waals surface area contributed by atoms with E-state index in [4.69, 9.17) is 15.8 Å². The van der Waals surface area contributed by atoms with E-state index < -0.39 is 0 Å². The number of hydrogen-bond acceptors (Lipinski definition) is 17. The van der Waals surface area contributed by atoms with Crippen molar-refractivity contribution in [3.8, 4) is 5.75 Å². The second-order valence-corrected chi connectivity index (χ2v) is 14.3. The molecule has 0 unspecified atom stereocenters. The molecule has 0 aliphatic rings. The van der Waals surface area contributed by atoms with Crippen molar-refractivity contribution in [3.05, 3.63) is 143 Å². The van der Waals surface area contributed by atoms with Gasteiger partial charge in [0.05, 0.1) is 34.0 Å². The molecule has 314 valence electrons. The summed E-state index contributed by atoms with van der Waals surface area (Å²) in [5.74, 6) is 0.261. The molecule has 0 bridgehead atoms. The summed E-state index contributed by atoms with van der Waals surface area (Å²) in [6, 6.07) is 38.0. The Kier molecular flexibility index (Phi) is 19.8. The molecule has 0 spiro atoms. The van der Waals surface area contributed by atoms with Crippen molar-refractivity contribution in [2.45, 2.75) is 39.5 Å².